The van der Waals surface area contributed by atoms with Crippen molar-refractivity contribution in [3.63, 3.8) is 0 Å². The first-order valence-electron chi connectivity index (χ1n) is 7.13. The SMILES string of the molecule is CCCCN(c1ccccc1)c1cnc(CNC)cn1. The van der Waals surface area contributed by atoms with Gasteiger partial charge in [0.05, 0.1) is 18.1 Å². The van der Waals surface area contributed by atoms with E-state index < -0.39 is 0 Å². The Balaban J connectivity index is 2.22. The average molecular weight is 270 g/mol. The van der Waals surface area contributed by atoms with Crippen LogP contribution in [0.3, 0.4) is 0 Å². The van der Waals surface area contributed by atoms with E-state index in [9.17, 15) is 0 Å². The van der Waals surface area contributed by atoms with Crippen LogP contribution >= 0.6 is 0 Å². The number of aromatic nitrogens is 2. The molecule has 2 rings (SSSR count). The first kappa shape index (κ1) is 14.5. The van der Waals surface area contributed by atoms with Gasteiger partial charge in [-0.1, -0.05) is 31.5 Å². The summed E-state index contributed by atoms with van der Waals surface area (Å²) in [5.74, 6) is 0.907. The van der Waals surface area contributed by atoms with Gasteiger partial charge >= 0.3 is 0 Å². The van der Waals surface area contributed by atoms with Gasteiger partial charge in [-0.15, -0.1) is 0 Å². The summed E-state index contributed by atoms with van der Waals surface area (Å²) in [5.41, 5.74) is 2.12. The largest absolute Gasteiger partial charge is 0.325 e. The lowest BCUT2D eigenvalue weighted by Crippen LogP contribution is -2.20. The zero-order valence-corrected chi connectivity index (χ0v) is 12.2. The van der Waals surface area contributed by atoms with Gasteiger partial charge in [-0.3, -0.25) is 4.98 Å². The first-order chi connectivity index (χ1) is 9.85. The van der Waals surface area contributed by atoms with E-state index in [1.165, 1.54) is 0 Å². The monoisotopic (exact) mass is 270 g/mol. The molecule has 0 aliphatic heterocycles. The first-order valence-corrected chi connectivity index (χ1v) is 7.13. The molecular formula is C16H22N4. The predicted octanol–water partition coefficient (Wildman–Crippen LogP) is 3.13. The number of para-hydroxylation sites is 1. The Morgan fingerprint density at radius 3 is 2.50 bits per heavy atom. The van der Waals surface area contributed by atoms with E-state index >= 15 is 0 Å². The van der Waals surface area contributed by atoms with Crippen LogP contribution in [0.2, 0.25) is 0 Å². The molecule has 1 N–H and O–H groups in total. The molecule has 2 aromatic rings. The van der Waals surface area contributed by atoms with E-state index in [2.05, 4.69) is 51.4 Å². The minimum Gasteiger partial charge on any atom is -0.325 e. The number of anilines is 2. The topological polar surface area (TPSA) is 41.1 Å². The molecule has 1 heterocycles. The molecule has 0 bridgehead atoms. The highest BCUT2D eigenvalue weighted by atomic mass is 15.2. The van der Waals surface area contributed by atoms with E-state index in [1.54, 1.807) is 0 Å². The van der Waals surface area contributed by atoms with Crippen molar-refractivity contribution in [2.75, 3.05) is 18.5 Å². The van der Waals surface area contributed by atoms with Crippen LogP contribution in [-0.2, 0) is 6.54 Å². The maximum atomic E-state index is 4.55. The van der Waals surface area contributed by atoms with Gasteiger partial charge in [0.25, 0.3) is 0 Å². The Kier molecular flexibility index (Phi) is 5.50. The standard InChI is InChI=1S/C16H22N4/c1-3-4-10-20(15-8-6-5-7-9-15)16-13-18-14(11-17-2)12-19-16/h5-9,12-13,17H,3-4,10-11H2,1-2H3. The van der Waals surface area contributed by atoms with Crippen molar-refractivity contribution < 1.29 is 0 Å². The van der Waals surface area contributed by atoms with Gasteiger partial charge in [0.15, 0.2) is 5.82 Å². The van der Waals surface area contributed by atoms with Crippen molar-refractivity contribution in [2.24, 2.45) is 0 Å². The second-order valence-corrected chi connectivity index (χ2v) is 4.74. The minimum absolute atomic E-state index is 0.744. The lowest BCUT2D eigenvalue weighted by Gasteiger charge is -2.23. The Hall–Kier alpha value is -1.94. The van der Waals surface area contributed by atoms with Crippen molar-refractivity contribution in [1.29, 1.82) is 0 Å². The van der Waals surface area contributed by atoms with Crippen LogP contribution in [0.25, 0.3) is 0 Å². The fourth-order valence-corrected chi connectivity index (χ4v) is 2.06. The van der Waals surface area contributed by atoms with Crippen LogP contribution < -0.4 is 10.2 Å². The average Bonchev–Trinajstić information content (AvgIpc) is 2.51. The van der Waals surface area contributed by atoms with Crippen LogP contribution in [0.4, 0.5) is 11.5 Å². The Labute approximate surface area is 120 Å². The summed E-state index contributed by atoms with van der Waals surface area (Å²) in [4.78, 5) is 11.2. The summed E-state index contributed by atoms with van der Waals surface area (Å²) in [7, 11) is 1.91. The number of nitrogens with one attached hydrogen (secondary N) is 1. The minimum atomic E-state index is 0.744. The summed E-state index contributed by atoms with van der Waals surface area (Å²) in [6, 6.07) is 10.4. The molecule has 0 saturated heterocycles. The van der Waals surface area contributed by atoms with Crippen LogP contribution in [0.1, 0.15) is 25.5 Å². The second kappa shape index (κ2) is 7.60. The number of rotatable bonds is 7. The molecule has 0 amide bonds. The van der Waals surface area contributed by atoms with Crippen molar-refractivity contribution in [3.8, 4) is 0 Å². The quantitative estimate of drug-likeness (QED) is 0.839. The maximum absolute atomic E-state index is 4.55. The van der Waals surface area contributed by atoms with Crippen molar-refractivity contribution in [1.82, 2.24) is 15.3 Å². The number of hydrogen-bond acceptors (Lipinski definition) is 4. The molecule has 0 radical (unpaired) electrons. The smallest absolute Gasteiger partial charge is 0.151 e. The van der Waals surface area contributed by atoms with E-state index in [-0.39, 0.29) is 0 Å². The third-order valence-electron chi connectivity index (χ3n) is 3.13. The number of nitrogens with zero attached hydrogens (tertiary/aromatic N) is 3. The maximum Gasteiger partial charge on any atom is 0.151 e. The molecule has 0 aliphatic rings. The fourth-order valence-electron chi connectivity index (χ4n) is 2.06. The number of unbranched alkanes of at least 4 members (excludes halogenated alkanes) is 1. The van der Waals surface area contributed by atoms with E-state index in [0.29, 0.717) is 0 Å². The highest BCUT2D eigenvalue weighted by molar-refractivity contribution is 5.58. The highest BCUT2D eigenvalue weighted by Crippen LogP contribution is 2.23. The van der Waals surface area contributed by atoms with Gasteiger partial charge < -0.3 is 10.2 Å². The van der Waals surface area contributed by atoms with Crippen LogP contribution in [0.15, 0.2) is 42.7 Å². The summed E-state index contributed by atoms with van der Waals surface area (Å²) < 4.78 is 0. The number of hydrogen-bond donors (Lipinski definition) is 1. The van der Waals surface area contributed by atoms with Crippen molar-refractivity contribution in [3.05, 3.63) is 48.4 Å². The van der Waals surface area contributed by atoms with Crippen LogP contribution in [0.5, 0.6) is 0 Å². The normalized spacial score (nSPS) is 10.5. The van der Waals surface area contributed by atoms with Crippen molar-refractivity contribution in [2.45, 2.75) is 26.3 Å². The molecule has 1 aromatic carbocycles. The van der Waals surface area contributed by atoms with E-state index in [4.69, 9.17) is 0 Å². The summed E-state index contributed by atoms with van der Waals surface area (Å²) in [6.07, 6.45) is 5.99. The summed E-state index contributed by atoms with van der Waals surface area (Å²) in [5, 5.41) is 3.08. The molecule has 0 saturated carbocycles. The van der Waals surface area contributed by atoms with Gasteiger partial charge in [-0.25, -0.2) is 4.98 Å². The molecule has 20 heavy (non-hydrogen) atoms. The zero-order chi connectivity index (χ0) is 14.2. The molecule has 0 atom stereocenters. The fraction of sp³-hybridized carbons (Fsp3) is 0.375. The van der Waals surface area contributed by atoms with Gasteiger partial charge in [-0.05, 0) is 25.6 Å². The summed E-state index contributed by atoms with van der Waals surface area (Å²) >= 11 is 0. The lowest BCUT2D eigenvalue weighted by molar-refractivity contribution is 0.764. The zero-order valence-electron chi connectivity index (χ0n) is 12.2. The highest BCUT2D eigenvalue weighted by Gasteiger charge is 2.10. The number of benzene rings is 1. The van der Waals surface area contributed by atoms with Gasteiger partial charge in [-0.2, -0.15) is 0 Å². The van der Waals surface area contributed by atoms with E-state index in [1.807, 2.05) is 25.5 Å². The van der Waals surface area contributed by atoms with Gasteiger partial charge in [0, 0.05) is 18.8 Å². The molecule has 0 spiro atoms. The molecule has 0 unspecified atom stereocenters. The van der Waals surface area contributed by atoms with Crippen LogP contribution in [-0.4, -0.2) is 23.6 Å². The Morgan fingerprint density at radius 1 is 1.10 bits per heavy atom. The Bertz CT molecular complexity index is 496. The summed E-state index contributed by atoms with van der Waals surface area (Å²) in [6.45, 7) is 3.90. The molecule has 106 valence electrons. The van der Waals surface area contributed by atoms with Gasteiger partial charge in [0.2, 0.25) is 0 Å². The third-order valence-corrected chi connectivity index (χ3v) is 3.13. The van der Waals surface area contributed by atoms with E-state index in [0.717, 1.165) is 43.1 Å². The molecule has 4 heteroatoms. The van der Waals surface area contributed by atoms with Crippen molar-refractivity contribution >= 4 is 11.5 Å². The molecule has 4 nitrogen and oxygen atoms in total. The molecular weight excluding hydrogens is 248 g/mol. The predicted molar refractivity (Wildman–Crippen MR) is 83.2 cm³/mol. The third kappa shape index (κ3) is 3.78. The van der Waals surface area contributed by atoms with Crippen LogP contribution in [0, 0.1) is 0 Å². The second-order valence-electron chi connectivity index (χ2n) is 4.74. The molecule has 1 aromatic heterocycles. The lowest BCUT2D eigenvalue weighted by atomic mass is 10.2. The van der Waals surface area contributed by atoms with Gasteiger partial charge in [0.1, 0.15) is 0 Å². The molecule has 0 fully saturated rings. The molecule has 0 aliphatic carbocycles. The Morgan fingerprint density at radius 2 is 1.90 bits per heavy atom.